The van der Waals surface area contributed by atoms with Crippen molar-refractivity contribution >= 4 is 11.9 Å². The minimum Gasteiger partial charge on any atom is -0.473 e. The van der Waals surface area contributed by atoms with Crippen LogP contribution < -0.4 is 0 Å². The highest BCUT2D eigenvalue weighted by Crippen LogP contribution is 2.30. The van der Waals surface area contributed by atoms with Gasteiger partial charge in [-0.15, -0.1) is 0 Å². The minimum atomic E-state index is -1.82. The summed E-state index contributed by atoms with van der Waals surface area (Å²) in [5.74, 6) is -2.66. The van der Waals surface area contributed by atoms with E-state index in [0.29, 0.717) is 0 Å². The van der Waals surface area contributed by atoms with E-state index in [2.05, 4.69) is 16.7 Å². The molecule has 6 heteroatoms. The predicted molar refractivity (Wildman–Crippen MR) is 96.7 cm³/mol. The van der Waals surface area contributed by atoms with Gasteiger partial charge in [0, 0.05) is 12.1 Å². The highest BCUT2D eigenvalue weighted by atomic mass is 16.4. The molecule has 0 aromatic carbocycles. The molecule has 1 aliphatic carbocycles. The maximum atomic E-state index is 9.10. The summed E-state index contributed by atoms with van der Waals surface area (Å²) in [6.45, 7) is 7.94. The third kappa shape index (κ3) is 6.59. The lowest BCUT2D eigenvalue weighted by atomic mass is 9.85. The topological polar surface area (TPSA) is 81.1 Å². The molecule has 144 valence electrons. The third-order valence-electron chi connectivity index (χ3n) is 6.09. The number of nitrogens with zero attached hydrogens (tertiary/aromatic N) is 2. The Balaban J connectivity index is 0.000000326. The van der Waals surface area contributed by atoms with Crippen LogP contribution in [-0.4, -0.2) is 70.2 Å². The van der Waals surface area contributed by atoms with Gasteiger partial charge in [-0.3, -0.25) is 0 Å². The standard InChI is InChI=1S/C17H32N2.C2H2O4/c1-15-5-7-16(8-6-15)19-13-9-17(10-14-19)18-11-3-2-4-12-18;3-1(4)2(5)6/h15-17H,2-14H2,1H3;(H,3,4)(H,5,6). The van der Waals surface area contributed by atoms with Gasteiger partial charge >= 0.3 is 11.9 Å². The average Bonchev–Trinajstić information content (AvgIpc) is 2.64. The lowest BCUT2D eigenvalue weighted by Crippen LogP contribution is -2.49. The maximum Gasteiger partial charge on any atom is 0.414 e. The maximum absolute atomic E-state index is 9.10. The van der Waals surface area contributed by atoms with Crippen LogP contribution >= 0.6 is 0 Å². The fraction of sp³-hybridized carbons (Fsp3) is 0.895. The van der Waals surface area contributed by atoms with E-state index in [4.69, 9.17) is 19.8 Å². The number of aliphatic carboxylic acids is 2. The number of carboxylic acid groups (broad SMARTS) is 2. The first-order valence-electron chi connectivity index (χ1n) is 9.91. The number of hydrogen-bond donors (Lipinski definition) is 2. The monoisotopic (exact) mass is 354 g/mol. The number of carbonyl (C=O) groups is 2. The largest absolute Gasteiger partial charge is 0.473 e. The van der Waals surface area contributed by atoms with Crippen LogP contribution in [0.4, 0.5) is 0 Å². The van der Waals surface area contributed by atoms with Crippen molar-refractivity contribution in [2.45, 2.75) is 76.8 Å². The molecule has 1 saturated carbocycles. The van der Waals surface area contributed by atoms with E-state index in [1.54, 1.807) is 0 Å². The molecule has 3 rings (SSSR count). The number of rotatable bonds is 2. The minimum absolute atomic E-state index is 0.916. The first kappa shape index (κ1) is 20.2. The molecule has 2 saturated heterocycles. The summed E-state index contributed by atoms with van der Waals surface area (Å²) >= 11 is 0. The van der Waals surface area contributed by atoms with Gasteiger partial charge in [-0.2, -0.15) is 0 Å². The lowest BCUT2D eigenvalue weighted by Gasteiger charge is -2.44. The van der Waals surface area contributed by atoms with E-state index in [1.165, 1.54) is 84.0 Å². The Bertz CT molecular complexity index is 409. The zero-order valence-corrected chi connectivity index (χ0v) is 15.5. The van der Waals surface area contributed by atoms with Crippen molar-refractivity contribution in [1.82, 2.24) is 9.80 Å². The zero-order chi connectivity index (χ0) is 18.2. The van der Waals surface area contributed by atoms with Crippen LogP contribution in [0, 0.1) is 5.92 Å². The van der Waals surface area contributed by atoms with E-state index in [-0.39, 0.29) is 0 Å². The molecule has 2 N–H and O–H groups in total. The SMILES string of the molecule is CC1CCC(N2CCC(N3CCCCC3)CC2)CC1.O=C(O)C(=O)O. The second-order valence-electron chi connectivity index (χ2n) is 7.89. The van der Waals surface area contributed by atoms with Crippen LogP contribution in [0.15, 0.2) is 0 Å². The third-order valence-corrected chi connectivity index (χ3v) is 6.09. The van der Waals surface area contributed by atoms with Gasteiger partial charge in [0.1, 0.15) is 0 Å². The van der Waals surface area contributed by atoms with Gasteiger partial charge in [-0.05, 0) is 83.5 Å². The number of likely N-dealkylation sites (tertiary alicyclic amines) is 2. The van der Waals surface area contributed by atoms with Crippen molar-refractivity contribution in [2.24, 2.45) is 5.92 Å². The van der Waals surface area contributed by atoms with E-state index in [0.717, 1.165) is 18.0 Å². The zero-order valence-electron chi connectivity index (χ0n) is 15.5. The van der Waals surface area contributed by atoms with Gasteiger partial charge in [0.2, 0.25) is 0 Å². The van der Waals surface area contributed by atoms with Gasteiger partial charge < -0.3 is 20.0 Å². The van der Waals surface area contributed by atoms with Crippen molar-refractivity contribution in [2.75, 3.05) is 26.2 Å². The lowest BCUT2D eigenvalue weighted by molar-refractivity contribution is -0.159. The number of hydrogen-bond acceptors (Lipinski definition) is 4. The van der Waals surface area contributed by atoms with Crippen molar-refractivity contribution < 1.29 is 19.8 Å². The van der Waals surface area contributed by atoms with Gasteiger partial charge in [-0.1, -0.05) is 13.3 Å². The van der Waals surface area contributed by atoms with Gasteiger partial charge in [0.25, 0.3) is 0 Å². The first-order valence-corrected chi connectivity index (χ1v) is 9.91. The quantitative estimate of drug-likeness (QED) is 0.742. The molecular weight excluding hydrogens is 320 g/mol. The van der Waals surface area contributed by atoms with Crippen molar-refractivity contribution in [3.8, 4) is 0 Å². The Morgan fingerprint density at radius 1 is 0.680 bits per heavy atom. The van der Waals surface area contributed by atoms with Crippen molar-refractivity contribution in [1.29, 1.82) is 0 Å². The van der Waals surface area contributed by atoms with Crippen LogP contribution in [0.25, 0.3) is 0 Å². The molecule has 25 heavy (non-hydrogen) atoms. The van der Waals surface area contributed by atoms with E-state index >= 15 is 0 Å². The molecule has 0 aromatic rings. The summed E-state index contributed by atoms with van der Waals surface area (Å²) in [6, 6.07) is 1.84. The van der Waals surface area contributed by atoms with Gasteiger partial charge in [-0.25, -0.2) is 9.59 Å². The average molecular weight is 354 g/mol. The van der Waals surface area contributed by atoms with Crippen LogP contribution in [0.2, 0.25) is 0 Å². The molecule has 2 heterocycles. The molecule has 3 fully saturated rings. The molecule has 2 aliphatic heterocycles. The van der Waals surface area contributed by atoms with Crippen LogP contribution in [0.1, 0.15) is 64.7 Å². The Morgan fingerprint density at radius 2 is 1.12 bits per heavy atom. The molecule has 0 unspecified atom stereocenters. The molecule has 0 radical (unpaired) electrons. The number of carboxylic acids is 2. The molecule has 0 atom stereocenters. The van der Waals surface area contributed by atoms with Gasteiger partial charge in [0.15, 0.2) is 0 Å². The summed E-state index contributed by atoms with van der Waals surface area (Å²) < 4.78 is 0. The predicted octanol–water partition coefficient (Wildman–Crippen LogP) is 2.67. The Kier molecular flexibility index (Phi) is 8.16. The second-order valence-corrected chi connectivity index (χ2v) is 7.89. The second kappa shape index (κ2) is 10.1. The highest BCUT2D eigenvalue weighted by molar-refractivity contribution is 6.27. The Hall–Kier alpha value is -1.14. The van der Waals surface area contributed by atoms with Crippen molar-refractivity contribution in [3.63, 3.8) is 0 Å². The summed E-state index contributed by atoms with van der Waals surface area (Å²) in [4.78, 5) is 23.8. The molecule has 0 bridgehead atoms. The molecular formula is C19H34N2O4. The molecule has 0 aromatic heterocycles. The molecule has 0 amide bonds. The number of piperidine rings is 2. The Morgan fingerprint density at radius 3 is 1.60 bits per heavy atom. The van der Waals surface area contributed by atoms with Gasteiger partial charge in [0.05, 0.1) is 0 Å². The smallest absolute Gasteiger partial charge is 0.414 e. The summed E-state index contributed by atoms with van der Waals surface area (Å²) in [5.41, 5.74) is 0. The van der Waals surface area contributed by atoms with Crippen molar-refractivity contribution in [3.05, 3.63) is 0 Å². The fourth-order valence-electron chi connectivity index (χ4n) is 4.51. The molecule has 0 spiro atoms. The van der Waals surface area contributed by atoms with E-state index in [1.807, 2.05) is 0 Å². The summed E-state index contributed by atoms with van der Waals surface area (Å²) in [7, 11) is 0. The molecule has 3 aliphatic rings. The van der Waals surface area contributed by atoms with Crippen LogP contribution in [-0.2, 0) is 9.59 Å². The normalized spacial score (nSPS) is 29.5. The molecule has 6 nitrogen and oxygen atoms in total. The first-order chi connectivity index (χ1) is 12.0. The Labute approximate surface area is 151 Å². The summed E-state index contributed by atoms with van der Waals surface area (Å²) in [6.07, 6.45) is 13.1. The highest BCUT2D eigenvalue weighted by Gasteiger charge is 2.30. The van der Waals surface area contributed by atoms with Crippen LogP contribution in [0.5, 0.6) is 0 Å². The van der Waals surface area contributed by atoms with E-state index in [9.17, 15) is 0 Å². The fourth-order valence-corrected chi connectivity index (χ4v) is 4.51. The van der Waals surface area contributed by atoms with E-state index < -0.39 is 11.9 Å². The van der Waals surface area contributed by atoms with Crippen LogP contribution in [0.3, 0.4) is 0 Å². The summed E-state index contributed by atoms with van der Waals surface area (Å²) in [5, 5.41) is 14.8.